The van der Waals surface area contributed by atoms with Crippen molar-refractivity contribution >= 4 is 5.78 Å². The van der Waals surface area contributed by atoms with Crippen molar-refractivity contribution < 1.29 is 18.0 Å². The van der Waals surface area contributed by atoms with Crippen LogP contribution in [0, 0.1) is 0 Å². The third-order valence-electron chi connectivity index (χ3n) is 4.32. The zero-order valence-electron chi connectivity index (χ0n) is 16.2. The van der Waals surface area contributed by atoms with E-state index >= 15 is 0 Å². The molecule has 1 aliphatic carbocycles. The fourth-order valence-electron chi connectivity index (χ4n) is 2.95. The van der Waals surface area contributed by atoms with Gasteiger partial charge >= 0.3 is 6.68 Å². The number of fused-ring (bicyclic) bond motifs is 3. The van der Waals surface area contributed by atoms with Crippen molar-refractivity contribution in [1.29, 1.82) is 0 Å². The molecular formula is C23H29F3O. The summed E-state index contributed by atoms with van der Waals surface area (Å²) in [5, 5.41) is 0. The first-order chi connectivity index (χ1) is 13.0. The average Bonchev–Trinajstić information content (AvgIpc) is 3.03. The highest BCUT2D eigenvalue weighted by molar-refractivity contribution is 5.78. The zero-order valence-corrected chi connectivity index (χ0v) is 16.2. The first-order valence-corrected chi connectivity index (χ1v) is 9.59. The van der Waals surface area contributed by atoms with E-state index in [0.29, 0.717) is 5.78 Å². The summed E-state index contributed by atoms with van der Waals surface area (Å²) in [7, 11) is 0. The fourth-order valence-corrected chi connectivity index (χ4v) is 2.95. The summed E-state index contributed by atoms with van der Waals surface area (Å²) >= 11 is 0. The lowest BCUT2D eigenvalue weighted by Gasteiger charge is -1.98. The number of ketones is 1. The Labute approximate surface area is 160 Å². The summed E-state index contributed by atoms with van der Waals surface area (Å²) in [6, 6.07) is 17.3. The quantitative estimate of drug-likeness (QED) is 0.437. The van der Waals surface area contributed by atoms with E-state index in [1.807, 2.05) is 0 Å². The minimum atomic E-state index is -3.67. The highest BCUT2D eigenvalue weighted by atomic mass is 19.4. The largest absolute Gasteiger partial charge is 0.379 e. The van der Waals surface area contributed by atoms with Crippen molar-refractivity contribution in [1.82, 2.24) is 0 Å². The van der Waals surface area contributed by atoms with Gasteiger partial charge in [-0.3, -0.25) is 4.79 Å². The van der Waals surface area contributed by atoms with E-state index in [-0.39, 0.29) is 0 Å². The van der Waals surface area contributed by atoms with E-state index in [9.17, 15) is 18.0 Å². The topological polar surface area (TPSA) is 17.1 Å². The van der Waals surface area contributed by atoms with E-state index in [4.69, 9.17) is 0 Å². The molecule has 0 bridgehead atoms. The number of carbonyl (C=O) groups is 1. The van der Waals surface area contributed by atoms with Crippen LogP contribution in [0.25, 0.3) is 11.1 Å². The lowest BCUT2D eigenvalue weighted by Crippen LogP contribution is -1.96. The Morgan fingerprint density at radius 1 is 0.815 bits per heavy atom. The standard InChI is InChI=1S/C13H10.C9H18O.CHF3/c1-3-7-12-10(5-1)9-11-6-2-4-8-13(11)12;1-3-5-7-9(10)8-6-4-2;2-1(3)4/h1-8H,9H2;3-8H2,1-2H3;1H. The lowest BCUT2D eigenvalue weighted by atomic mass is 10.1. The number of alkyl halides is 3. The number of unbranched alkanes of at least 4 members (excludes halogenated alkanes) is 2. The molecule has 0 aliphatic heterocycles. The SMILES string of the molecule is CCCCC(=O)CCCC.FC(F)F.c1ccc2c(c1)Cc1ccccc1-2. The van der Waals surface area contributed by atoms with Crippen LogP contribution >= 0.6 is 0 Å². The van der Waals surface area contributed by atoms with Gasteiger partial charge in [0.2, 0.25) is 0 Å². The Bertz CT molecular complexity index is 627. The number of Topliss-reactive ketones (excluding diaryl/α,β-unsaturated/α-hetero) is 1. The molecule has 0 N–H and O–H groups in total. The molecule has 0 aromatic heterocycles. The second-order valence-electron chi connectivity index (χ2n) is 6.48. The normalized spacial score (nSPS) is 10.9. The van der Waals surface area contributed by atoms with Crippen LogP contribution in [0.5, 0.6) is 0 Å². The summed E-state index contributed by atoms with van der Waals surface area (Å²) in [4.78, 5) is 11.0. The van der Waals surface area contributed by atoms with Gasteiger partial charge in [0, 0.05) is 12.8 Å². The summed E-state index contributed by atoms with van der Waals surface area (Å²) in [5.74, 6) is 0.448. The third-order valence-corrected chi connectivity index (χ3v) is 4.32. The van der Waals surface area contributed by atoms with Gasteiger partial charge in [-0.2, -0.15) is 13.2 Å². The number of carbonyl (C=O) groups excluding carboxylic acids is 1. The molecule has 0 saturated heterocycles. The van der Waals surface area contributed by atoms with Crippen LogP contribution in [-0.4, -0.2) is 12.5 Å². The molecule has 2 aromatic rings. The van der Waals surface area contributed by atoms with Crippen LogP contribution in [0.3, 0.4) is 0 Å². The molecule has 4 heteroatoms. The molecule has 2 aromatic carbocycles. The molecule has 3 rings (SSSR count). The van der Waals surface area contributed by atoms with Gasteiger partial charge in [0.25, 0.3) is 0 Å². The Morgan fingerprint density at radius 2 is 1.19 bits per heavy atom. The summed E-state index contributed by atoms with van der Waals surface area (Å²) < 4.78 is 29.0. The molecule has 148 valence electrons. The molecule has 0 fully saturated rings. The smallest absolute Gasteiger partial charge is 0.300 e. The Hall–Kier alpha value is -2.10. The minimum absolute atomic E-state index is 0.448. The molecule has 1 aliphatic rings. The highest BCUT2D eigenvalue weighted by Gasteiger charge is 2.15. The van der Waals surface area contributed by atoms with Gasteiger partial charge in [-0.05, 0) is 41.5 Å². The van der Waals surface area contributed by atoms with Crippen molar-refractivity contribution in [2.45, 2.75) is 65.5 Å². The predicted molar refractivity (Wildman–Crippen MR) is 106 cm³/mol. The highest BCUT2D eigenvalue weighted by Crippen LogP contribution is 2.35. The fraction of sp³-hybridized carbons (Fsp3) is 0.435. The monoisotopic (exact) mass is 378 g/mol. The predicted octanol–water partition coefficient (Wildman–Crippen LogP) is 7.37. The van der Waals surface area contributed by atoms with Gasteiger partial charge in [0.05, 0.1) is 0 Å². The van der Waals surface area contributed by atoms with Crippen LogP contribution in [0.15, 0.2) is 48.5 Å². The molecule has 0 atom stereocenters. The van der Waals surface area contributed by atoms with Crippen LogP contribution in [0.4, 0.5) is 13.2 Å². The maximum atomic E-state index is 11.0. The molecule has 0 spiro atoms. The van der Waals surface area contributed by atoms with Gasteiger partial charge < -0.3 is 0 Å². The number of halogens is 3. The number of hydrogen-bond donors (Lipinski definition) is 0. The minimum Gasteiger partial charge on any atom is -0.300 e. The number of benzene rings is 2. The Morgan fingerprint density at radius 3 is 1.56 bits per heavy atom. The molecule has 27 heavy (non-hydrogen) atoms. The molecule has 1 nitrogen and oxygen atoms in total. The summed E-state index contributed by atoms with van der Waals surface area (Å²) in [5.41, 5.74) is 5.75. The zero-order chi connectivity index (χ0) is 20.1. The van der Waals surface area contributed by atoms with Crippen molar-refractivity contribution in [3.05, 3.63) is 59.7 Å². The van der Waals surface area contributed by atoms with Gasteiger partial charge in [-0.15, -0.1) is 0 Å². The van der Waals surface area contributed by atoms with Crippen molar-refractivity contribution in [3.63, 3.8) is 0 Å². The summed E-state index contributed by atoms with van der Waals surface area (Å²) in [6.07, 6.45) is 7.13. The number of rotatable bonds is 6. The third kappa shape index (κ3) is 8.89. The summed E-state index contributed by atoms with van der Waals surface area (Å²) in [6.45, 7) is 0.570. The first-order valence-electron chi connectivity index (χ1n) is 9.59. The van der Waals surface area contributed by atoms with Gasteiger partial charge in [0.1, 0.15) is 5.78 Å². The van der Waals surface area contributed by atoms with Crippen LogP contribution in [-0.2, 0) is 11.2 Å². The van der Waals surface area contributed by atoms with E-state index in [0.717, 1.165) is 44.9 Å². The van der Waals surface area contributed by atoms with E-state index < -0.39 is 6.68 Å². The average molecular weight is 378 g/mol. The van der Waals surface area contributed by atoms with Crippen LogP contribution < -0.4 is 0 Å². The van der Waals surface area contributed by atoms with E-state index in [2.05, 4.69) is 62.4 Å². The Balaban J connectivity index is 0.000000234. The number of hydrogen-bond acceptors (Lipinski definition) is 1. The van der Waals surface area contributed by atoms with Gasteiger partial charge in [-0.1, -0.05) is 75.2 Å². The maximum Gasteiger partial charge on any atom is 0.379 e. The molecule has 0 radical (unpaired) electrons. The lowest BCUT2D eigenvalue weighted by molar-refractivity contribution is -0.119. The van der Waals surface area contributed by atoms with Crippen molar-refractivity contribution in [2.75, 3.05) is 0 Å². The van der Waals surface area contributed by atoms with E-state index in [1.54, 1.807) is 0 Å². The Kier molecular flexibility index (Phi) is 11.2. The van der Waals surface area contributed by atoms with Crippen molar-refractivity contribution in [3.8, 4) is 11.1 Å². The maximum absolute atomic E-state index is 11.0. The second-order valence-corrected chi connectivity index (χ2v) is 6.48. The molecule has 0 heterocycles. The van der Waals surface area contributed by atoms with Gasteiger partial charge in [0.15, 0.2) is 0 Å². The van der Waals surface area contributed by atoms with E-state index in [1.165, 1.54) is 22.3 Å². The molecular weight excluding hydrogens is 349 g/mol. The van der Waals surface area contributed by atoms with Crippen molar-refractivity contribution in [2.24, 2.45) is 0 Å². The second kappa shape index (κ2) is 13.1. The molecule has 0 unspecified atom stereocenters. The van der Waals surface area contributed by atoms with Crippen LogP contribution in [0.2, 0.25) is 0 Å². The molecule has 0 amide bonds. The molecule has 0 saturated carbocycles. The van der Waals surface area contributed by atoms with Gasteiger partial charge in [-0.25, -0.2) is 0 Å². The first kappa shape index (κ1) is 22.9. The van der Waals surface area contributed by atoms with Crippen LogP contribution in [0.1, 0.15) is 63.5 Å².